The molecular formula is C15H19Y-. The third-order valence-electron chi connectivity index (χ3n) is 2.39. The summed E-state index contributed by atoms with van der Waals surface area (Å²) in [6, 6.07) is 10.3. The van der Waals surface area contributed by atoms with Crippen LogP contribution in [-0.4, -0.2) is 0 Å². The van der Waals surface area contributed by atoms with Gasteiger partial charge in [0.25, 0.3) is 0 Å². The van der Waals surface area contributed by atoms with E-state index in [-0.39, 0.29) is 32.7 Å². The van der Waals surface area contributed by atoms with Crippen molar-refractivity contribution in [2.45, 2.75) is 20.3 Å². The van der Waals surface area contributed by atoms with Gasteiger partial charge in [0, 0.05) is 32.7 Å². The Morgan fingerprint density at radius 2 is 1.88 bits per heavy atom. The van der Waals surface area contributed by atoms with Crippen molar-refractivity contribution in [3.63, 3.8) is 0 Å². The van der Waals surface area contributed by atoms with Crippen LogP contribution < -0.4 is 0 Å². The van der Waals surface area contributed by atoms with E-state index in [1.54, 1.807) is 0 Å². The zero-order chi connectivity index (χ0) is 10.9. The van der Waals surface area contributed by atoms with Gasteiger partial charge in [0.1, 0.15) is 0 Å². The monoisotopic (exact) mass is 288 g/mol. The molecule has 0 amide bonds. The average molecular weight is 288 g/mol. The molecule has 1 aromatic rings. The molecule has 83 valence electrons. The summed E-state index contributed by atoms with van der Waals surface area (Å²) in [5.74, 6) is 0.673. The van der Waals surface area contributed by atoms with Crippen molar-refractivity contribution in [1.82, 2.24) is 0 Å². The minimum absolute atomic E-state index is 0. The molecule has 1 atom stereocenters. The maximum absolute atomic E-state index is 2.23. The van der Waals surface area contributed by atoms with Crippen molar-refractivity contribution in [3.8, 4) is 0 Å². The maximum Gasteiger partial charge on any atom is 0 e. The summed E-state index contributed by atoms with van der Waals surface area (Å²) in [7, 11) is 0. The summed E-state index contributed by atoms with van der Waals surface area (Å²) in [6.45, 7) is 4.43. The smallest absolute Gasteiger partial charge is 0 e. The molecule has 0 nitrogen and oxygen atoms in total. The average Bonchev–Trinajstić information content (AvgIpc) is 2.29. The largest absolute Gasteiger partial charge is 0.228 e. The Balaban J connectivity index is 0.00000225. The molecular weight excluding hydrogens is 269 g/mol. The number of allylic oxidation sites excluding steroid dienone is 3. The third kappa shape index (κ3) is 7.03. The van der Waals surface area contributed by atoms with Gasteiger partial charge < -0.3 is 0 Å². The van der Waals surface area contributed by atoms with E-state index in [0.717, 1.165) is 0 Å². The van der Waals surface area contributed by atoms with Gasteiger partial charge in [0.05, 0.1) is 0 Å². The summed E-state index contributed by atoms with van der Waals surface area (Å²) in [5.41, 5.74) is 1.24. The second-order valence-electron chi connectivity index (χ2n) is 3.73. The Labute approximate surface area is 125 Å². The molecule has 0 aromatic heterocycles. The quantitative estimate of drug-likeness (QED) is 0.552. The molecule has 0 N–H and O–H groups in total. The van der Waals surface area contributed by atoms with Gasteiger partial charge in [-0.3, -0.25) is 0 Å². The maximum atomic E-state index is 2.23. The van der Waals surface area contributed by atoms with E-state index in [2.05, 4.69) is 68.8 Å². The van der Waals surface area contributed by atoms with E-state index in [1.807, 2.05) is 6.07 Å². The predicted molar refractivity (Wildman–Crippen MR) is 68.4 cm³/mol. The second kappa shape index (κ2) is 9.87. The Morgan fingerprint density at radius 3 is 2.50 bits per heavy atom. The molecule has 0 aliphatic rings. The second-order valence-corrected chi connectivity index (χ2v) is 3.73. The topological polar surface area (TPSA) is 0 Å². The first kappa shape index (κ1) is 15.7. The van der Waals surface area contributed by atoms with Crippen LogP contribution in [0.1, 0.15) is 25.8 Å². The molecule has 0 fully saturated rings. The van der Waals surface area contributed by atoms with Gasteiger partial charge in [0.2, 0.25) is 0 Å². The Kier molecular flexibility index (Phi) is 9.67. The fraction of sp³-hybridized carbons (Fsp3) is 0.267. The summed E-state index contributed by atoms with van der Waals surface area (Å²) in [4.78, 5) is 0. The number of benzene rings is 1. The molecule has 0 bridgehead atoms. The van der Waals surface area contributed by atoms with Crippen LogP contribution in [0.5, 0.6) is 0 Å². The summed E-state index contributed by atoms with van der Waals surface area (Å²) in [6.07, 6.45) is 11.8. The van der Waals surface area contributed by atoms with Gasteiger partial charge in [-0.05, 0) is 5.56 Å². The van der Waals surface area contributed by atoms with Gasteiger partial charge in [-0.15, -0.1) is 6.08 Å². The fourth-order valence-electron chi connectivity index (χ4n) is 1.18. The summed E-state index contributed by atoms with van der Waals surface area (Å²) in [5, 5.41) is 0. The van der Waals surface area contributed by atoms with Crippen LogP contribution >= 0.6 is 0 Å². The number of hydrogen-bond acceptors (Lipinski definition) is 0. The molecule has 1 radical (unpaired) electrons. The first-order chi connectivity index (χ1) is 7.33. The van der Waals surface area contributed by atoms with Crippen LogP contribution in [-0.2, 0) is 32.7 Å². The molecule has 1 aromatic carbocycles. The first-order valence-electron chi connectivity index (χ1n) is 5.56. The van der Waals surface area contributed by atoms with E-state index < -0.39 is 0 Å². The molecule has 0 saturated heterocycles. The van der Waals surface area contributed by atoms with Gasteiger partial charge in [-0.2, -0.15) is 0 Å². The van der Waals surface area contributed by atoms with Crippen molar-refractivity contribution in [1.29, 1.82) is 0 Å². The van der Waals surface area contributed by atoms with Crippen LogP contribution in [0.25, 0.3) is 6.08 Å². The molecule has 0 heterocycles. The Morgan fingerprint density at radius 1 is 1.19 bits per heavy atom. The zero-order valence-electron chi connectivity index (χ0n) is 10.1. The van der Waals surface area contributed by atoms with Crippen LogP contribution in [0.2, 0.25) is 0 Å². The van der Waals surface area contributed by atoms with Gasteiger partial charge >= 0.3 is 0 Å². The Bertz CT molecular complexity index is 311. The SMILES string of the molecule is CCC(C)[CH-]/C=C/C=C/c1ccccc1.[Y]. The van der Waals surface area contributed by atoms with Crippen LogP contribution in [0.15, 0.2) is 48.6 Å². The standard InChI is InChI=1S/C15H19.Y/c1-3-14(2)10-6-4-7-11-15-12-8-5-9-13-15;/h4-14H,3H2,1-2H3;/q-1;/b6-4+,11-7+;. The zero-order valence-corrected chi connectivity index (χ0v) is 13.0. The van der Waals surface area contributed by atoms with Gasteiger partial charge in [-0.25, -0.2) is 18.6 Å². The van der Waals surface area contributed by atoms with E-state index in [4.69, 9.17) is 0 Å². The van der Waals surface area contributed by atoms with Crippen molar-refractivity contribution in [2.75, 3.05) is 0 Å². The predicted octanol–water partition coefficient (Wildman–Crippen LogP) is 4.50. The Hall–Kier alpha value is -0.326. The minimum atomic E-state index is 0. The molecule has 16 heavy (non-hydrogen) atoms. The van der Waals surface area contributed by atoms with E-state index >= 15 is 0 Å². The van der Waals surface area contributed by atoms with Crippen molar-refractivity contribution in [3.05, 3.63) is 60.5 Å². The fourth-order valence-corrected chi connectivity index (χ4v) is 1.18. The third-order valence-corrected chi connectivity index (χ3v) is 2.39. The van der Waals surface area contributed by atoms with Gasteiger partial charge in [0.15, 0.2) is 0 Å². The number of hydrogen-bond donors (Lipinski definition) is 0. The normalized spacial score (nSPS) is 12.6. The van der Waals surface area contributed by atoms with Crippen molar-refractivity contribution >= 4 is 6.08 Å². The molecule has 1 rings (SSSR count). The molecule has 0 spiro atoms. The van der Waals surface area contributed by atoms with Crippen LogP contribution in [0.4, 0.5) is 0 Å². The molecule has 0 aliphatic heterocycles. The van der Waals surface area contributed by atoms with E-state index in [0.29, 0.717) is 5.92 Å². The van der Waals surface area contributed by atoms with E-state index in [1.165, 1.54) is 12.0 Å². The molecule has 1 heteroatoms. The summed E-state index contributed by atoms with van der Waals surface area (Å²) >= 11 is 0. The number of rotatable bonds is 5. The molecule has 0 aliphatic carbocycles. The van der Waals surface area contributed by atoms with Crippen LogP contribution in [0.3, 0.4) is 0 Å². The van der Waals surface area contributed by atoms with Gasteiger partial charge in [-0.1, -0.05) is 62.6 Å². The minimum Gasteiger partial charge on any atom is -0.228 e. The molecule has 1 unspecified atom stereocenters. The van der Waals surface area contributed by atoms with Crippen LogP contribution in [0, 0.1) is 12.3 Å². The first-order valence-corrected chi connectivity index (χ1v) is 5.56. The van der Waals surface area contributed by atoms with Crippen molar-refractivity contribution in [2.24, 2.45) is 5.92 Å². The summed E-state index contributed by atoms with van der Waals surface area (Å²) < 4.78 is 0. The molecule has 0 saturated carbocycles. The van der Waals surface area contributed by atoms with Crippen molar-refractivity contribution < 1.29 is 32.7 Å². The van der Waals surface area contributed by atoms with E-state index in [9.17, 15) is 0 Å².